The zero-order valence-electron chi connectivity index (χ0n) is 16.4. The van der Waals surface area contributed by atoms with Gasteiger partial charge in [-0.05, 0) is 47.9 Å². The molecule has 0 aliphatic carbocycles. The average molecular weight is 412 g/mol. The molecule has 2 atom stereocenters. The van der Waals surface area contributed by atoms with E-state index in [-0.39, 0.29) is 12.0 Å². The third-order valence-corrected chi connectivity index (χ3v) is 6.73. The highest BCUT2D eigenvalue weighted by molar-refractivity contribution is 6.30. The van der Waals surface area contributed by atoms with Crippen molar-refractivity contribution in [2.24, 2.45) is 11.3 Å². The Bertz CT molecular complexity index is 920. The molecular weight excluding hydrogens is 386 g/mol. The topological polar surface area (TPSA) is 48.8 Å². The second-order valence-corrected chi connectivity index (χ2v) is 9.09. The van der Waals surface area contributed by atoms with Gasteiger partial charge in [-0.2, -0.15) is 0 Å². The van der Waals surface area contributed by atoms with Gasteiger partial charge < -0.3 is 9.84 Å². The van der Waals surface area contributed by atoms with Crippen molar-refractivity contribution in [3.05, 3.63) is 64.4 Å². The molecule has 0 radical (unpaired) electrons. The Morgan fingerprint density at radius 2 is 1.97 bits per heavy atom. The van der Waals surface area contributed by atoms with Crippen molar-refractivity contribution in [1.82, 2.24) is 14.8 Å². The van der Waals surface area contributed by atoms with Crippen LogP contribution in [-0.2, 0) is 6.54 Å². The van der Waals surface area contributed by atoms with Gasteiger partial charge in [-0.3, -0.25) is 14.8 Å². The van der Waals surface area contributed by atoms with E-state index in [1.54, 1.807) is 0 Å². The van der Waals surface area contributed by atoms with Gasteiger partial charge in [-0.25, -0.2) is 0 Å². The van der Waals surface area contributed by atoms with Crippen LogP contribution in [0.15, 0.2) is 48.2 Å². The minimum Gasteiger partial charge on any atom is -0.489 e. The normalized spacial score (nSPS) is 26.7. The lowest BCUT2D eigenvalue weighted by Crippen LogP contribution is -2.37. The Morgan fingerprint density at radius 3 is 2.69 bits per heavy atom. The molecule has 3 aliphatic rings. The number of hydrogen-bond donors (Lipinski definition) is 1. The van der Waals surface area contributed by atoms with Crippen molar-refractivity contribution in [3.8, 4) is 5.75 Å². The molecule has 29 heavy (non-hydrogen) atoms. The Kier molecular flexibility index (Phi) is 5.08. The molecule has 0 saturated carbocycles. The molecule has 5 rings (SSSR count). The highest BCUT2D eigenvalue weighted by Crippen LogP contribution is 2.43. The summed E-state index contributed by atoms with van der Waals surface area (Å²) in [5.41, 5.74) is 3.38. The van der Waals surface area contributed by atoms with Gasteiger partial charge in [0.2, 0.25) is 0 Å². The van der Waals surface area contributed by atoms with Gasteiger partial charge in [-0.1, -0.05) is 17.7 Å². The van der Waals surface area contributed by atoms with E-state index >= 15 is 0 Å². The van der Waals surface area contributed by atoms with Crippen LogP contribution in [-0.4, -0.2) is 65.8 Å². The summed E-state index contributed by atoms with van der Waals surface area (Å²) < 4.78 is 5.91. The van der Waals surface area contributed by atoms with Crippen LogP contribution in [0.5, 0.6) is 5.75 Å². The summed E-state index contributed by atoms with van der Waals surface area (Å²) >= 11 is 6.14. The summed E-state index contributed by atoms with van der Waals surface area (Å²) in [4.78, 5) is 9.38. The predicted octanol–water partition coefficient (Wildman–Crippen LogP) is 2.94. The Labute approximate surface area is 176 Å². The molecule has 5 nitrogen and oxygen atoms in total. The van der Waals surface area contributed by atoms with Gasteiger partial charge in [0.25, 0.3) is 0 Å². The Morgan fingerprint density at radius 1 is 1.14 bits per heavy atom. The molecule has 1 aromatic heterocycles. The summed E-state index contributed by atoms with van der Waals surface area (Å²) in [5.74, 6) is 1.39. The molecule has 6 heteroatoms. The quantitative estimate of drug-likeness (QED) is 0.819. The number of pyridine rings is 1. The molecule has 2 saturated heterocycles. The summed E-state index contributed by atoms with van der Waals surface area (Å²) in [6.45, 7) is 6.47. The smallest absolute Gasteiger partial charge is 0.127 e. The van der Waals surface area contributed by atoms with E-state index in [1.165, 1.54) is 5.57 Å². The highest BCUT2D eigenvalue weighted by Gasteiger charge is 2.51. The number of aromatic nitrogens is 1. The maximum atomic E-state index is 10.3. The number of benzene rings is 1. The second-order valence-electron chi connectivity index (χ2n) is 8.65. The third-order valence-electron chi connectivity index (χ3n) is 6.50. The molecule has 152 valence electrons. The first kappa shape index (κ1) is 19.1. The monoisotopic (exact) mass is 411 g/mol. The van der Waals surface area contributed by atoms with Crippen molar-refractivity contribution in [3.63, 3.8) is 0 Å². The fourth-order valence-electron chi connectivity index (χ4n) is 5.16. The van der Waals surface area contributed by atoms with Crippen molar-refractivity contribution in [1.29, 1.82) is 0 Å². The molecule has 2 aromatic rings. The zero-order valence-corrected chi connectivity index (χ0v) is 17.2. The number of aliphatic hydroxyl groups is 1. The largest absolute Gasteiger partial charge is 0.489 e. The van der Waals surface area contributed by atoms with Crippen LogP contribution in [0.1, 0.15) is 11.3 Å². The number of hydrogen-bond acceptors (Lipinski definition) is 5. The van der Waals surface area contributed by atoms with E-state index < -0.39 is 0 Å². The van der Waals surface area contributed by atoms with Crippen molar-refractivity contribution in [2.45, 2.75) is 6.54 Å². The van der Waals surface area contributed by atoms with Crippen molar-refractivity contribution < 1.29 is 9.84 Å². The van der Waals surface area contributed by atoms with Crippen LogP contribution in [0.4, 0.5) is 0 Å². The number of aliphatic hydroxyl groups excluding tert-OH is 1. The molecule has 4 heterocycles. The second kappa shape index (κ2) is 7.73. The molecular formula is C23H26ClN3O2. The maximum Gasteiger partial charge on any atom is 0.127 e. The number of ether oxygens (including phenoxy) is 1. The van der Waals surface area contributed by atoms with Crippen molar-refractivity contribution in [2.75, 3.05) is 45.9 Å². The fraction of sp³-hybridized carbons (Fsp3) is 0.435. The van der Waals surface area contributed by atoms with E-state index in [0.29, 0.717) is 12.5 Å². The van der Waals surface area contributed by atoms with Crippen LogP contribution in [0.2, 0.25) is 5.02 Å². The molecule has 1 aromatic carbocycles. The highest BCUT2D eigenvalue weighted by atomic mass is 35.5. The molecule has 0 spiro atoms. The number of likely N-dealkylation sites (tertiary alicyclic amines) is 2. The standard InChI is InChI=1S/C23H26ClN3O2/c24-20-4-5-22-18(8-20)7-17(13-29-22)9-26-10-19-11-27(15-23(19,14-26)16-28)12-21-3-1-2-6-25-21/h1-8,19,28H,9-16H2. The van der Waals surface area contributed by atoms with Crippen LogP contribution in [0.25, 0.3) is 6.08 Å². The predicted molar refractivity (Wildman–Crippen MR) is 114 cm³/mol. The van der Waals surface area contributed by atoms with Crippen molar-refractivity contribution >= 4 is 17.7 Å². The van der Waals surface area contributed by atoms with Gasteiger partial charge in [0.15, 0.2) is 0 Å². The van der Waals surface area contributed by atoms with Crippen LogP contribution in [0, 0.1) is 11.3 Å². The summed E-state index contributed by atoms with van der Waals surface area (Å²) in [7, 11) is 0. The lowest BCUT2D eigenvalue weighted by atomic mass is 9.82. The number of rotatable bonds is 5. The fourth-order valence-corrected chi connectivity index (χ4v) is 5.34. The summed E-state index contributed by atoms with van der Waals surface area (Å²) in [6, 6.07) is 11.8. The summed E-state index contributed by atoms with van der Waals surface area (Å²) in [5, 5.41) is 11.0. The minimum absolute atomic E-state index is 0.0356. The van der Waals surface area contributed by atoms with E-state index in [4.69, 9.17) is 16.3 Å². The van der Waals surface area contributed by atoms with E-state index in [0.717, 1.165) is 61.3 Å². The minimum atomic E-state index is -0.0356. The molecule has 2 unspecified atom stereocenters. The first-order valence-electron chi connectivity index (χ1n) is 10.2. The van der Waals surface area contributed by atoms with E-state index in [1.807, 2.05) is 36.5 Å². The average Bonchev–Trinajstić information content (AvgIpc) is 3.21. The SMILES string of the molecule is OCC12CN(CC3=Cc4cc(Cl)ccc4OC3)CC1CN(Cc1ccccn1)C2. The van der Waals surface area contributed by atoms with Gasteiger partial charge >= 0.3 is 0 Å². The zero-order chi connectivity index (χ0) is 19.8. The molecule has 2 fully saturated rings. The first-order valence-corrected chi connectivity index (χ1v) is 10.6. The van der Waals surface area contributed by atoms with Crippen LogP contribution >= 0.6 is 11.6 Å². The maximum absolute atomic E-state index is 10.3. The van der Waals surface area contributed by atoms with Gasteiger partial charge in [0.05, 0.1) is 12.3 Å². The molecule has 0 bridgehead atoms. The summed E-state index contributed by atoms with van der Waals surface area (Å²) in [6.07, 6.45) is 4.05. The number of fused-ring (bicyclic) bond motifs is 2. The Hall–Kier alpha value is -1.92. The van der Waals surface area contributed by atoms with Gasteiger partial charge in [-0.15, -0.1) is 0 Å². The van der Waals surface area contributed by atoms with Gasteiger partial charge in [0, 0.05) is 61.5 Å². The molecule has 1 N–H and O–H groups in total. The first-order chi connectivity index (χ1) is 14.1. The van der Waals surface area contributed by atoms with Crippen LogP contribution in [0.3, 0.4) is 0 Å². The number of halogens is 1. The lowest BCUT2D eigenvalue weighted by Gasteiger charge is -2.28. The van der Waals surface area contributed by atoms with Crippen LogP contribution < -0.4 is 4.74 Å². The lowest BCUT2D eigenvalue weighted by molar-refractivity contribution is 0.112. The molecule has 0 amide bonds. The Balaban J connectivity index is 1.24. The molecule has 3 aliphatic heterocycles. The third kappa shape index (κ3) is 3.80. The number of nitrogens with zero attached hydrogens (tertiary/aromatic N) is 3. The van der Waals surface area contributed by atoms with E-state index in [9.17, 15) is 5.11 Å². The van der Waals surface area contributed by atoms with E-state index in [2.05, 4.69) is 26.9 Å². The van der Waals surface area contributed by atoms with Gasteiger partial charge in [0.1, 0.15) is 12.4 Å².